The molecule has 0 saturated carbocycles. The number of hydrogen-bond acceptors (Lipinski definition) is 7. The summed E-state index contributed by atoms with van der Waals surface area (Å²) in [7, 11) is 0. The number of nitrogens with zero attached hydrogens (tertiary/aromatic N) is 2. The van der Waals surface area contributed by atoms with Crippen molar-refractivity contribution >= 4 is 29.2 Å². The van der Waals surface area contributed by atoms with E-state index in [9.17, 15) is 14.4 Å². The molecule has 2 amide bonds. The molecule has 2 aliphatic rings. The van der Waals surface area contributed by atoms with Crippen molar-refractivity contribution in [2.75, 3.05) is 16.6 Å². The first-order valence-corrected chi connectivity index (χ1v) is 10.3. The highest BCUT2D eigenvalue weighted by Gasteiger charge is 2.61. The third-order valence-electron chi connectivity index (χ3n) is 5.60. The van der Waals surface area contributed by atoms with E-state index in [4.69, 9.17) is 14.0 Å². The zero-order valence-electron chi connectivity index (χ0n) is 17.2. The molecule has 0 unspecified atom stereocenters. The number of carbonyl (C=O) groups is 3. The Kier molecular flexibility index (Phi) is 4.99. The normalized spacial score (nSPS) is 22.3. The second-order valence-corrected chi connectivity index (χ2v) is 7.45. The summed E-state index contributed by atoms with van der Waals surface area (Å²) in [5.41, 5.74) is 1.43. The van der Waals surface area contributed by atoms with Crippen molar-refractivity contribution < 1.29 is 28.4 Å². The maximum absolute atomic E-state index is 13.5. The van der Waals surface area contributed by atoms with Gasteiger partial charge in [0.25, 0.3) is 5.91 Å². The first-order valence-electron chi connectivity index (χ1n) is 10.3. The maximum Gasteiger partial charge on any atom is 0.338 e. The number of carbonyl (C=O) groups excluding carboxylic acids is 3. The van der Waals surface area contributed by atoms with Crippen molar-refractivity contribution in [2.45, 2.75) is 19.1 Å². The monoisotopic (exact) mass is 432 g/mol. The van der Waals surface area contributed by atoms with Crippen LogP contribution in [0.15, 0.2) is 77.4 Å². The fraction of sp³-hybridized carbons (Fsp3) is 0.208. The largest absolute Gasteiger partial charge is 0.467 e. The number of ether oxygens (including phenoxy) is 1. The molecular formula is C24H20N2O6. The van der Waals surface area contributed by atoms with Gasteiger partial charge < -0.3 is 9.15 Å². The molecule has 3 atom stereocenters. The minimum Gasteiger partial charge on any atom is -0.467 e. The zero-order valence-corrected chi connectivity index (χ0v) is 17.2. The van der Waals surface area contributed by atoms with Crippen LogP contribution in [0.25, 0.3) is 0 Å². The van der Waals surface area contributed by atoms with Crippen LogP contribution in [0.4, 0.5) is 11.4 Å². The van der Waals surface area contributed by atoms with Gasteiger partial charge in [-0.15, -0.1) is 0 Å². The van der Waals surface area contributed by atoms with Gasteiger partial charge in [-0.25, -0.2) is 14.8 Å². The highest BCUT2D eigenvalue weighted by Crippen LogP contribution is 2.47. The average molecular weight is 432 g/mol. The number of fused-ring (bicyclic) bond motifs is 1. The number of furan rings is 1. The van der Waals surface area contributed by atoms with Gasteiger partial charge in [0.05, 0.1) is 29.8 Å². The molecule has 5 rings (SSSR count). The van der Waals surface area contributed by atoms with E-state index in [0.717, 1.165) is 4.90 Å². The Morgan fingerprint density at radius 3 is 2.34 bits per heavy atom. The lowest BCUT2D eigenvalue weighted by Crippen LogP contribution is -2.37. The number of hydrogen-bond donors (Lipinski definition) is 0. The Bertz CT molecular complexity index is 1140. The second-order valence-electron chi connectivity index (χ2n) is 7.45. The van der Waals surface area contributed by atoms with Gasteiger partial charge in [0.1, 0.15) is 17.7 Å². The van der Waals surface area contributed by atoms with Crippen LogP contribution in [0.2, 0.25) is 0 Å². The van der Waals surface area contributed by atoms with Crippen molar-refractivity contribution in [1.29, 1.82) is 0 Å². The highest BCUT2D eigenvalue weighted by atomic mass is 16.7. The minimum absolute atomic E-state index is 0.260. The van der Waals surface area contributed by atoms with Crippen LogP contribution >= 0.6 is 0 Å². The van der Waals surface area contributed by atoms with Crippen LogP contribution in [-0.4, -0.2) is 30.5 Å². The van der Waals surface area contributed by atoms with E-state index < -0.39 is 29.9 Å². The number of hydroxylamine groups is 1. The first-order chi connectivity index (χ1) is 15.6. The third-order valence-corrected chi connectivity index (χ3v) is 5.60. The molecule has 3 aromatic rings. The van der Waals surface area contributed by atoms with Crippen LogP contribution in [0.1, 0.15) is 29.1 Å². The third kappa shape index (κ3) is 3.16. The maximum atomic E-state index is 13.5. The average Bonchev–Trinajstić information content (AvgIpc) is 3.52. The van der Waals surface area contributed by atoms with E-state index >= 15 is 0 Å². The summed E-state index contributed by atoms with van der Waals surface area (Å²) in [5.74, 6) is -1.56. The number of amides is 2. The molecule has 0 N–H and O–H groups in total. The molecule has 1 aromatic heterocycles. The van der Waals surface area contributed by atoms with Crippen molar-refractivity contribution in [3.8, 4) is 0 Å². The quantitative estimate of drug-likeness (QED) is 0.450. The van der Waals surface area contributed by atoms with E-state index in [-0.39, 0.29) is 12.5 Å². The Hall–Kier alpha value is -3.91. The number of rotatable bonds is 5. The van der Waals surface area contributed by atoms with Gasteiger partial charge in [-0.3, -0.25) is 14.4 Å². The standard InChI is InChI=1S/C24H20N2O6/c1-2-30-24(29)15-10-12-16(13-11-15)25-22(27)19-20(18-9-6-14-31-18)26(32-21(19)23(25)28)17-7-4-3-5-8-17/h3-14,19-21H,2H2,1H3/t19-,20-,21+/m0/s1. The lowest BCUT2D eigenvalue weighted by molar-refractivity contribution is -0.126. The van der Waals surface area contributed by atoms with Crippen LogP contribution in [-0.2, 0) is 19.2 Å². The second kappa shape index (κ2) is 7.97. The van der Waals surface area contributed by atoms with Crippen molar-refractivity contribution in [3.05, 3.63) is 84.3 Å². The first kappa shape index (κ1) is 20.0. The number of imide groups is 1. The van der Waals surface area contributed by atoms with E-state index in [1.165, 1.54) is 18.4 Å². The number of para-hydroxylation sites is 1. The van der Waals surface area contributed by atoms with Crippen molar-refractivity contribution in [2.24, 2.45) is 5.92 Å². The van der Waals surface area contributed by atoms with E-state index in [2.05, 4.69) is 0 Å². The molecule has 0 radical (unpaired) electrons. The Labute approximate surface area is 183 Å². The predicted octanol–water partition coefficient (Wildman–Crippen LogP) is 3.51. The predicted molar refractivity (Wildman–Crippen MR) is 114 cm³/mol. The number of benzene rings is 2. The Morgan fingerprint density at radius 1 is 0.938 bits per heavy atom. The number of anilines is 2. The molecule has 8 nitrogen and oxygen atoms in total. The Morgan fingerprint density at radius 2 is 1.69 bits per heavy atom. The Balaban J connectivity index is 1.48. The molecular weight excluding hydrogens is 412 g/mol. The fourth-order valence-electron chi connectivity index (χ4n) is 4.18. The van der Waals surface area contributed by atoms with Crippen LogP contribution < -0.4 is 9.96 Å². The van der Waals surface area contributed by atoms with E-state index in [1.807, 2.05) is 30.3 Å². The molecule has 0 aliphatic carbocycles. The zero-order chi connectivity index (χ0) is 22.2. The lowest BCUT2D eigenvalue weighted by Gasteiger charge is -2.27. The fourth-order valence-corrected chi connectivity index (χ4v) is 4.18. The van der Waals surface area contributed by atoms with Crippen molar-refractivity contribution in [1.82, 2.24) is 0 Å². The lowest BCUT2D eigenvalue weighted by atomic mass is 9.94. The molecule has 2 aliphatic heterocycles. The van der Waals surface area contributed by atoms with Crippen LogP contribution in [0.3, 0.4) is 0 Å². The van der Waals surface area contributed by atoms with E-state index in [1.54, 1.807) is 36.3 Å². The van der Waals surface area contributed by atoms with Gasteiger partial charge in [-0.1, -0.05) is 18.2 Å². The molecule has 162 valence electrons. The summed E-state index contributed by atoms with van der Waals surface area (Å²) < 4.78 is 10.6. The topological polar surface area (TPSA) is 89.3 Å². The summed E-state index contributed by atoms with van der Waals surface area (Å²) in [4.78, 5) is 45.8. The van der Waals surface area contributed by atoms with Gasteiger partial charge in [-0.2, -0.15) is 0 Å². The van der Waals surface area contributed by atoms with Gasteiger partial charge in [0, 0.05) is 0 Å². The molecule has 2 aromatic carbocycles. The summed E-state index contributed by atoms with van der Waals surface area (Å²) in [5, 5.41) is 1.57. The molecule has 2 fully saturated rings. The smallest absolute Gasteiger partial charge is 0.338 e. The van der Waals surface area contributed by atoms with Gasteiger partial charge in [0.15, 0.2) is 6.10 Å². The van der Waals surface area contributed by atoms with Crippen LogP contribution in [0.5, 0.6) is 0 Å². The SMILES string of the molecule is CCOC(=O)c1ccc(N2C(=O)[C@@H]3[C@@H](ON(c4ccccc4)[C@H]3c3ccco3)C2=O)cc1. The number of esters is 1. The van der Waals surface area contributed by atoms with Gasteiger partial charge >= 0.3 is 5.97 Å². The summed E-state index contributed by atoms with van der Waals surface area (Å²) >= 11 is 0. The molecule has 3 heterocycles. The molecule has 8 heteroatoms. The summed E-state index contributed by atoms with van der Waals surface area (Å²) in [6.07, 6.45) is 0.543. The van der Waals surface area contributed by atoms with Crippen LogP contribution in [0, 0.1) is 5.92 Å². The molecule has 2 saturated heterocycles. The molecule has 0 bridgehead atoms. The summed E-state index contributed by atoms with van der Waals surface area (Å²) in [6, 6.07) is 18.3. The molecule has 0 spiro atoms. The van der Waals surface area contributed by atoms with Gasteiger partial charge in [-0.05, 0) is 55.5 Å². The minimum atomic E-state index is -0.984. The van der Waals surface area contributed by atoms with Crippen molar-refractivity contribution in [3.63, 3.8) is 0 Å². The van der Waals surface area contributed by atoms with E-state index in [0.29, 0.717) is 22.7 Å². The van der Waals surface area contributed by atoms with Gasteiger partial charge in [0.2, 0.25) is 5.91 Å². The summed E-state index contributed by atoms with van der Waals surface area (Å²) in [6.45, 7) is 1.98. The highest BCUT2D eigenvalue weighted by molar-refractivity contribution is 6.24. The molecule has 32 heavy (non-hydrogen) atoms.